The molecule has 0 bridgehead atoms. The van der Waals surface area contributed by atoms with E-state index < -0.39 is 10.0 Å². The van der Waals surface area contributed by atoms with E-state index in [1.54, 1.807) is 30.0 Å². The van der Waals surface area contributed by atoms with Crippen LogP contribution in [-0.4, -0.2) is 44.6 Å². The van der Waals surface area contributed by atoms with Crippen molar-refractivity contribution in [3.63, 3.8) is 0 Å². The first-order valence-corrected chi connectivity index (χ1v) is 9.52. The van der Waals surface area contributed by atoms with E-state index in [1.807, 2.05) is 0 Å². The SMILES string of the molecule is Cc1ccc(C(=O)N2CCC(N)C(C)(C)C2)cc1NS(C)(=O)=O. The topological polar surface area (TPSA) is 92.5 Å². The van der Waals surface area contributed by atoms with Crippen LogP contribution >= 0.6 is 0 Å². The molecule has 1 aromatic carbocycles. The van der Waals surface area contributed by atoms with Crippen molar-refractivity contribution < 1.29 is 13.2 Å². The Kier molecular flexibility index (Phi) is 4.73. The number of carbonyl (C=O) groups is 1. The van der Waals surface area contributed by atoms with Crippen molar-refractivity contribution in [2.75, 3.05) is 24.1 Å². The van der Waals surface area contributed by atoms with Gasteiger partial charge in [-0.1, -0.05) is 19.9 Å². The van der Waals surface area contributed by atoms with Crippen LogP contribution in [0.4, 0.5) is 5.69 Å². The summed E-state index contributed by atoms with van der Waals surface area (Å²) in [5, 5.41) is 0. The molecular weight excluding hydrogens is 314 g/mol. The summed E-state index contributed by atoms with van der Waals surface area (Å²) in [6.45, 7) is 7.12. The van der Waals surface area contributed by atoms with Gasteiger partial charge in [-0.2, -0.15) is 0 Å². The van der Waals surface area contributed by atoms with E-state index >= 15 is 0 Å². The Morgan fingerprint density at radius 1 is 1.39 bits per heavy atom. The number of rotatable bonds is 3. The quantitative estimate of drug-likeness (QED) is 0.874. The van der Waals surface area contributed by atoms with Gasteiger partial charge < -0.3 is 10.6 Å². The van der Waals surface area contributed by atoms with Crippen molar-refractivity contribution in [3.8, 4) is 0 Å². The monoisotopic (exact) mass is 339 g/mol. The molecule has 0 aliphatic carbocycles. The lowest BCUT2D eigenvalue weighted by molar-refractivity contribution is 0.0533. The number of benzene rings is 1. The summed E-state index contributed by atoms with van der Waals surface area (Å²) in [5.74, 6) is -0.0958. The maximum absolute atomic E-state index is 12.7. The number of anilines is 1. The molecule has 0 aromatic heterocycles. The highest BCUT2D eigenvalue weighted by Crippen LogP contribution is 2.29. The molecule has 2 rings (SSSR count). The van der Waals surface area contributed by atoms with Gasteiger partial charge in [-0.25, -0.2) is 8.42 Å². The summed E-state index contributed by atoms with van der Waals surface area (Å²) < 4.78 is 25.3. The van der Waals surface area contributed by atoms with Crippen molar-refractivity contribution in [2.45, 2.75) is 33.2 Å². The molecule has 7 heteroatoms. The molecule has 3 N–H and O–H groups in total. The number of nitrogens with zero attached hydrogens (tertiary/aromatic N) is 1. The van der Waals surface area contributed by atoms with E-state index in [2.05, 4.69) is 18.6 Å². The fourth-order valence-electron chi connectivity index (χ4n) is 2.79. The molecule has 1 aliphatic heterocycles. The van der Waals surface area contributed by atoms with Gasteiger partial charge in [-0.15, -0.1) is 0 Å². The highest BCUT2D eigenvalue weighted by atomic mass is 32.2. The standard InChI is InChI=1S/C16H25N3O3S/c1-11-5-6-12(9-13(11)18-23(4,21)22)15(20)19-8-7-14(17)16(2,3)10-19/h5-6,9,14,18H,7-8,10,17H2,1-4H3. The number of nitrogens with one attached hydrogen (secondary N) is 1. The summed E-state index contributed by atoms with van der Waals surface area (Å²) in [5.41, 5.74) is 7.67. The third-order valence-electron chi connectivity index (χ3n) is 4.38. The van der Waals surface area contributed by atoms with Gasteiger partial charge in [0.15, 0.2) is 0 Å². The second-order valence-corrected chi connectivity index (χ2v) is 8.76. The predicted molar refractivity (Wildman–Crippen MR) is 91.9 cm³/mol. The van der Waals surface area contributed by atoms with Crippen molar-refractivity contribution in [1.29, 1.82) is 0 Å². The molecular formula is C16H25N3O3S. The first-order valence-electron chi connectivity index (χ1n) is 7.63. The maximum atomic E-state index is 12.7. The van der Waals surface area contributed by atoms with E-state index in [4.69, 9.17) is 5.73 Å². The van der Waals surface area contributed by atoms with Gasteiger partial charge in [0.2, 0.25) is 10.0 Å². The molecule has 1 fully saturated rings. The summed E-state index contributed by atoms with van der Waals surface area (Å²) in [6.07, 6.45) is 1.86. The third-order valence-corrected chi connectivity index (χ3v) is 4.97. The first kappa shape index (κ1) is 17.7. The number of nitrogens with two attached hydrogens (primary N) is 1. The summed E-state index contributed by atoms with van der Waals surface area (Å²) in [4.78, 5) is 14.5. The Morgan fingerprint density at radius 3 is 2.61 bits per heavy atom. The fourth-order valence-corrected chi connectivity index (χ4v) is 3.41. The number of sulfonamides is 1. The Bertz CT molecular complexity index is 713. The number of likely N-dealkylation sites (tertiary alicyclic amines) is 1. The van der Waals surface area contributed by atoms with Crippen LogP contribution in [-0.2, 0) is 10.0 Å². The predicted octanol–water partition coefficient (Wildman–Crippen LogP) is 1.57. The Hall–Kier alpha value is -1.60. The van der Waals surface area contributed by atoms with Crippen LogP contribution in [0.25, 0.3) is 0 Å². The Balaban J connectivity index is 2.25. The van der Waals surface area contributed by atoms with E-state index in [0.29, 0.717) is 24.3 Å². The third kappa shape index (κ3) is 4.23. The molecule has 1 saturated heterocycles. The van der Waals surface area contributed by atoms with Crippen LogP contribution < -0.4 is 10.5 Å². The minimum atomic E-state index is -3.38. The van der Waals surface area contributed by atoms with Crippen LogP contribution in [0.1, 0.15) is 36.2 Å². The number of carbonyl (C=O) groups excluding carboxylic acids is 1. The Labute approximate surface area is 138 Å². The molecule has 1 amide bonds. The van der Waals surface area contributed by atoms with E-state index in [-0.39, 0.29) is 17.4 Å². The van der Waals surface area contributed by atoms with Gasteiger partial charge in [0.25, 0.3) is 5.91 Å². The zero-order valence-electron chi connectivity index (χ0n) is 14.1. The van der Waals surface area contributed by atoms with Gasteiger partial charge in [-0.05, 0) is 36.5 Å². The average molecular weight is 339 g/mol. The van der Waals surface area contributed by atoms with Gasteiger partial charge in [0.05, 0.1) is 11.9 Å². The van der Waals surface area contributed by atoms with Crippen LogP contribution in [0.3, 0.4) is 0 Å². The summed E-state index contributed by atoms with van der Waals surface area (Å²) >= 11 is 0. The van der Waals surface area contributed by atoms with Crippen LogP contribution in [0.5, 0.6) is 0 Å². The number of hydrogen-bond donors (Lipinski definition) is 2. The van der Waals surface area contributed by atoms with Crippen molar-refractivity contribution in [3.05, 3.63) is 29.3 Å². The fraction of sp³-hybridized carbons (Fsp3) is 0.562. The largest absolute Gasteiger partial charge is 0.338 e. The second kappa shape index (κ2) is 6.13. The smallest absolute Gasteiger partial charge is 0.253 e. The van der Waals surface area contributed by atoms with Gasteiger partial charge in [-0.3, -0.25) is 9.52 Å². The molecule has 0 radical (unpaired) electrons. The number of aryl methyl sites for hydroxylation is 1. The number of amides is 1. The molecule has 1 unspecified atom stereocenters. The van der Waals surface area contributed by atoms with E-state index in [1.165, 1.54) is 0 Å². The van der Waals surface area contributed by atoms with Gasteiger partial charge >= 0.3 is 0 Å². The van der Waals surface area contributed by atoms with E-state index in [0.717, 1.165) is 18.2 Å². The lowest BCUT2D eigenvalue weighted by Gasteiger charge is -2.42. The highest BCUT2D eigenvalue weighted by molar-refractivity contribution is 7.92. The van der Waals surface area contributed by atoms with Gasteiger partial charge in [0.1, 0.15) is 0 Å². The van der Waals surface area contributed by atoms with Crippen LogP contribution in [0, 0.1) is 12.3 Å². The molecule has 0 saturated carbocycles. The number of piperidine rings is 1. The number of hydrogen-bond acceptors (Lipinski definition) is 4. The van der Waals surface area contributed by atoms with Crippen LogP contribution in [0.15, 0.2) is 18.2 Å². The summed E-state index contributed by atoms with van der Waals surface area (Å²) in [6, 6.07) is 5.15. The molecule has 0 spiro atoms. The first-order chi connectivity index (χ1) is 10.5. The zero-order valence-corrected chi connectivity index (χ0v) is 14.9. The zero-order chi connectivity index (χ0) is 17.4. The molecule has 128 valence electrons. The lowest BCUT2D eigenvalue weighted by Crippen LogP contribution is -2.54. The van der Waals surface area contributed by atoms with Crippen molar-refractivity contribution in [1.82, 2.24) is 4.90 Å². The molecule has 1 heterocycles. The lowest BCUT2D eigenvalue weighted by atomic mass is 9.79. The molecule has 1 aromatic rings. The second-order valence-electron chi connectivity index (χ2n) is 7.01. The minimum absolute atomic E-state index is 0.0760. The molecule has 6 nitrogen and oxygen atoms in total. The maximum Gasteiger partial charge on any atom is 0.253 e. The van der Waals surface area contributed by atoms with Crippen molar-refractivity contribution in [2.24, 2.45) is 11.1 Å². The van der Waals surface area contributed by atoms with Gasteiger partial charge in [0, 0.05) is 24.7 Å². The molecule has 1 atom stereocenters. The van der Waals surface area contributed by atoms with E-state index in [9.17, 15) is 13.2 Å². The average Bonchev–Trinajstić information content (AvgIpc) is 2.42. The summed E-state index contributed by atoms with van der Waals surface area (Å²) in [7, 11) is -3.38. The minimum Gasteiger partial charge on any atom is -0.338 e. The normalized spacial score (nSPS) is 21.1. The Morgan fingerprint density at radius 2 is 2.04 bits per heavy atom. The highest BCUT2D eigenvalue weighted by Gasteiger charge is 2.35. The van der Waals surface area contributed by atoms with Crippen LogP contribution in [0.2, 0.25) is 0 Å². The van der Waals surface area contributed by atoms with Crippen molar-refractivity contribution >= 4 is 21.6 Å². The molecule has 1 aliphatic rings. The molecule has 23 heavy (non-hydrogen) atoms.